The molecule has 0 spiro atoms. The van der Waals surface area contributed by atoms with E-state index in [9.17, 15) is 14.4 Å². The van der Waals surface area contributed by atoms with Gasteiger partial charge in [0.1, 0.15) is 12.3 Å². The first-order chi connectivity index (χ1) is 13.9. The number of aryl methyl sites for hydroxylation is 1. The van der Waals surface area contributed by atoms with Gasteiger partial charge in [-0.2, -0.15) is 0 Å². The maximum Gasteiger partial charge on any atom is 0.355 e. The molecule has 2 heterocycles. The highest BCUT2D eigenvalue weighted by Gasteiger charge is 2.19. The van der Waals surface area contributed by atoms with Crippen molar-refractivity contribution in [3.63, 3.8) is 0 Å². The molecule has 0 aliphatic heterocycles. The number of benzene rings is 1. The van der Waals surface area contributed by atoms with Crippen LogP contribution < -0.4 is 4.90 Å². The van der Waals surface area contributed by atoms with Crippen molar-refractivity contribution in [2.75, 3.05) is 4.90 Å². The van der Waals surface area contributed by atoms with Gasteiger partial charge in [-0.05, 0) is 37.1 Å². The predicted molar refractivity (Wildman–Crippen MR) is 111 cm³/mol. The van der Waals surface area contributed by atoms with Gasteiger partial charge in [0.15, 0.2) is 10.9 Å². The molecule has 29 heavy (non-hydrogen) atoms. The Morgan fingerprint density at radius 3 is 2.48 bits per heavy atom. The van der Waals surface area contributed by atoms with Crippen LogP contribution in [0.5, 0.6) is 0 Å². The largest absolute Gasteiger partial charge is 0.454 e. The number of ketones is 1. The number of hydrogen-bond donors (Lipinski definition) is 1. The maximum absolute atomic E-state index is 12.2. The Balaban J connectivity index is 1.70. The number of carbonyl (C=O) groups is 3. The molecule has 0 radical (unpaired) electrons. The summed E-state index contributed by atoms with van der Waals surface area (Å²) in [7, 11) is 0. The minimum Gasteiger partial charge on any atom is -0.454 e. The number of nitrogens with one attached hydrogen (secondary N) is 1. The van der Waals surface area contributed by atoms with Gasteiger partial charge in [0, 0.05) is 24.1 Å². The molecule has 2 aromatic heterocycles. The lowest BCUT2D eigenvalue weighted by molar-refractivity contribution is -0.115. The fourth-order valence-corrected chi connectivity index (χ4v) is 3.58. The molecule has 3 rings (SSSR count). The molecule has 0 atom stereocenters. The normalized spacial score (nSPS) is 10.6. The molecule has 0 saturated heterocycles. The number of thiazole rings is 1. The van der Waals surface area contributed by atoms with Gasteiger partial charge in [-0.25, -0.2) is 9.78 Å². The van der Waals surface area contributed by atoms with Gasteiger partial charge < -0.3 is 9.72 Å². The minimum atomic E-state index is -0.578. The van der Waals surface area contributed by atoms with Crippen LogP contribution in [-0.4, -0.2) is 27.6 Å². The van der Waals surface area contributed by atoms with Crippen LogP contribution >= 0.6 is 11.3 Å². The zero-order valence-electron chi connectivity index (χ0n) is 16.4. The second-order valence-corrected chi connectivity index (χ2v) is 7.27. The Labute approximate surface area is 172 Å². The first-order valence-corrected chi connectivity index (χ1v) is 9.97. The summed E-state index contributed by atoms with van der Waals surface area (Å²) >= 11 is 1.30. The van der Waals surface area contributed by atoms with Crippen LogP contribution in [0, 0.1) is 0 Å². The maximum atomic E-state index is 12.2. The van der Waals surface area contributed by atoms with E-state index in [1.54, 1.807) is 5.38 Å². The summed E-state index contributed by atoms with van der Waals surface area (Å²) in [5.41, 5.74) is 3.07. The van der Waals surface area contributed by atoms with Gasteiger partial charge in [0.05, 0.1) is 11.4 Å². The standard InChI is InChI=1S/C21H21N3O4S/c1-4-15-5-7-18(8-6-15)24(14(3)26)21-23-17(12-29-21)11-28-20(27)19-9-16(10-22-19)13(2)25/h5-10,12,22H,4,11H2,1-3H3. The summed E-state index contributed by atoms with van der Waals surface area (Å²) < 4.78 is 5.26. The van der Waals surface area contributed by atoms with Gasteiger partial charge in [0.25, 0.3) is 0 Å². The topological polar surface area (TPSA) is 92.4 Å². The lowest BCUT2D eigenvalue weighted by Crippen LogP contribution is -2.22. The monoisotopic (exact) mass is 411 g/mol. The van der Waals surface area contributed by atoms with E-state index in [0.717, 1.165) is 12.1 Å². The third-order valence-electron chi connectivity index (χ3n) is 4.31. The molecule has 0 aliphatic rings. The van der Waals surface area contributed by atoms with Crippen LogP contribution in [0.4, 0.5) is 10.8 Å². The quantitative estimate of drug-likeness (QED) is 0.463. The number of aromatic amines is 1. The summed E-state index contributed by atoms with van der Waals surface area (Å²) in [6.45, 7) is 4.93. The number of rotatable bonds is 7. The van der Waals surface area contributed by atoms with Gasteiger partial charge in [0.2, 0.25) is 5.91 Å². The average Bonchev–Trinajstić information content (AvgIpc) is 3.37. The molecule has 0 bridgehead atoms. The van der Waals surface area contributed by atoms with Gasteiger partial charge in [-0.15, -0.1) is 11.3 Å². The zero-order valence-corrected chi connectivity index (χ0v) is 17.2. The first kappa shape index (κ1) is 20.5. The molecule has 1 aromatic carbocycles. The molecular formula is C21H21N3O4S. The van der Waals surface area contributed by atoms with Crippen LogP contribution in [0.2, 0.25) is 0 Å². The molecule has 1 amide bonds. The second-order valence-electron chi connectivity index (χ2n) is 6.43. The van der Waals surface area contributed by atoms with Crippen LogP contribution in [0.1, 0.15) is 52.9 Å². The Bertz CT molecular complexity index is 1040. The summed E-state index contributed by atoms with van der Waals surface area (Å²) in [6.07, 6.45) is 2.39. The van der Waals surface area contributed by atoms with Crippen LogP contribution in [-0.2, 0) is 22.6 Å². The molecule has 0 unspecified atom stereocenters. The van der Waals surface area contributed by atoms with E-state index in [2.05, 4.69) is 16.9 Å². The molecular weight excluding hydrogens is 390 g/mol. The van der Waals surface area contributed by atoms with Crippen LogP contribution in [0.15, 0.2) is 41.9 Å². The third kappa shape index (κ3) is 4.78. The van der Waals surface area contributed by atoms with E-state index in [1.165, 1.54) is 47.9 Å². The SMILES string of the molecule is CCc1ccc(N(C(C)=O)c2nc(COC(=O)c3cc(C(C)=O)c[nH]3)cs2)cc1. The van der Waals surface area contributed by atoms with Crippen molar-refractivity contribution in [3.05, 3.63) is 64.4 Å². The van der Waals surface area contributed by atoms with Crippen molar-refractivity contribution in [2.24, 2.45) is 0 Å². The van der Waals surface area contributed by atoms with E-state index >= 15 is 0 Å². The van der Waals surface area contributed by atoms with Gasteiger partial charge in [-0.3, -0.25) is 14.5 Å². The predicted octanol–water partition coefficient (Wildman–Crippen LogP) is 4.28. The zero-order chi connectivity index (χ0) is 21.0. The number of aromatic nitrogens is 2. The number of amides is 1. The summed E-state index contributed by atoms with van der Waals surface area (Å²) in [5.74, 6) is -0.873. The molecule has 7 nitrogen and oxygen atoms in total. The smallest absolute Gasteiger partial charge is 0.355 e. The number of H-pyrrole nitrogens is 1. The van der Waals surface area contributed by atoms with Crippen molar-refractivity contribution >= 4 is 39.8 Å². The highest BCUT2D eigenvalue weighted by Crippen LogP contribution is 2.29. The van der Waals surface area contributed by atoms with Crippen molar-refractivity contribution in [2.45, 2.75) is 33.8 Å². The number of Topliss-reactive ketones (excluding diaryl/α,β-unsaturated/α-hetero) is 1. The fraction of sp³-hybridized carbons (Fsp3) is 0.238. The third-order valence-corrected chi connectivity index (χ3v) is 5.18. The molecule has 150 valence electrons. The molecule has 0 fully saturated rings. The number of carbonyl (C=O) groups excluding carboxylic acids is 3. The fourth-order valence-electron chi connectivity index (χ4n) is 2.71. The van der Waals surface area contributed by atoms with Crippen molar-refractivity contribution in [1.29, 1.82) is 0 Å². The summed E-state index contributed by atoms with van der Waals surface area (Å²) in [6, 6.07) is 9.19. The Morgan fingerprint density at radius 1 is 1.17 bits per heavy atom. The van der Waals surface area contributed by atoms with Gasteiger partial charge in [-0.1, -0.05) is 19.1 Å². The molecule has 0 saturated carbocycles. The number of hydrogen-bond acceptors (Lipinski definition) is 6. The number of ether oxygens (including phenoxy) is 1. The first-order valence-electron chi connectivity index (χ1n) is 9.09. The highest BCUT2D eigenvalue weighted by atomic mass is 32.1. The van der Waals surface area contributed by atoms with E-state index < -0.39 is 5.97 Å². The lowest BCUT2D eigenvalue weighted by Gasteiger charge is -2.18. The minimum absolute atomic E-state index is 0.0374. The highest BCUT2D eigenvalue weighted by molar-refractivity contribution is 7.14. The summed E-state index contributed by atoms with van der Waals surface area (Å²) in [5, 5.41) is 2.25. The van der Waals surface area contributed by atoms with E-state index in [0.29, 0.717) is 16.4 Å². The number of anilines is 2. The van der Waals surface area contributed by atoms with E-state index in [1.807, 2.05) is 24.3 Å². The van der Waals surface area contributed by atoms with Crippen molar-refractivity contribution in [3.8, 4) is 0 Å². The molecule has 1 N–H and O–H groups in total. The summed E-state index contributed by atoms with van der Waals surface area (Å²) in [4.78, 5) is 44.3. The molecule has 0 aliphatic carbocycles. The lowest BCUT2D eigenvalue weighted by atomic mass is 10.1. The van der Waals surface area contributed by atoms with E-state index in [4.69, 9.17) is 4.74 Å². The Kier molecular flexibility index (Phi) is 6.23. The number of esters is 1. The van der Waals surface area contributed by atoms with Crippen LogP contribution in [0.25, 0.3) is 0 Å². The Hall–Kier alpha value is -3.26. The van der Waals surface area contributed by atoms with Crippen molar-refractivity contribution < 1.29 is 19.1 Å². The molecule has 8 heteroatoms. The van der Waals surface area contributed by atoms with E-state index in [-0.39, 0.29) is 24.0 Å². The van der Waals surface area contributed by atoms with Gasteiger partial charge >= 0.3 is 5.97 Å². The second kappa shape index (κ2) is 8.83. The average molecular weight is 411 g/mol. The molecule has 3 aromatic rings. The number of nitrogens with zero attached hydrogens (tertiary/aromatic N) is 2. The Morgan fingerprint density at radius 2 is 1.90 bits per heavy atom. The van der Waals surface area contributed by atoms with Crippen LogP contribution in [0.3, 0.4) is 0 Å². The van der Waals surface area contributed by atoms with Crippen molar-refractivity contribution in [1.82, 2.24) is 9.97 Å².